The van der Waals surface area contributed by atoms with Crippen molar-refractivity contribution in [3.8, 4) is 10.6 Å². The summed E-state index contributed by atoms with van der Waals surface area (Å²) in [6.45, 7) is 5.53. The number of thiophene rings is 2. The summed E-state index contributed by atoms with van der Waals surface area (Å²) in [7, 11) is 1.45. The number of β-amino-alcohol motifs (C(OH)–C–C–N with tert-alkyl or cyclic N) is 1. The third kappa shape index (κ3) is 4.36. The number of fused-ring (bicyclic) bond motifs is 1. The Kier molecular flexibility index (Phi) is 6.48. The Bertz CT molecular complexity index is 1530. The van der Waals surface area contributed by atoms with Crippen molar-refractivity contribution in [2.24, 2.45) is 7.05 Å². The summed E-state index contributed by atoms with van der Waals surface area (Å²) in [5, 5.41) is 23.5. The van der Waals surface area contributed by atoms with Crippen molar-refractivity contribution in [1.82, 2.24) is 19.2 Å². The van der Waals surface area contributed by atoms with E-state index in [0.29, 0.717) is 22.2 Å². The standard InChI is InChI=1S/C25H28N4O5S2/c1-14(2)29-23-20(21(30)27(4)24(29)32)19(22(31)28-12-25(3,33)13-34-28)18(36-23)11-15-8-9-17(35-15)16-7-5-6-10-26-16/h5-10,14,22,31,33H,11-13H2,1-4H3/t22?,25-/m0/s1. The van der Waals surface area contributed by atoms with Gasteiger partial charge >= 0.3 is 5.69 Å². The Morgan fingerprint density at radius 2 is 1.97 bits per heavy atom. The third-order valence-corrected chi connectivity index (χ3v) is 8.55. The van der Waals surface area contributed by atoms with Crippen LogP contribution in [-0.4, -0.2) is 48.1 Å². The quantitative estimate of drug-likeness (QED) is 0.396. The molecule has 0 aliphatic carbocycles. The predicted octanol–water partition coefficient (Wildman–Crippen LogP) is 3.05. The number of hydrogen-bond donors (Lipinski definition) is 2. The van der Waals surface area contributed by atoms with Crippen LogP contribution in [0.15, 0.2) is 46.1 Å². The molecule has 11 heteroatoms. The molecule has 2 N–H and O–H groups in total. The summed E-state index contributed by atoms with van der Waals surface area (Å²) < 4.78 is 2.68. The minimum absolute atomic E-state index is 0.0362. The van der Waals surface area contributed by atoms with E-state index in [0.717, 1.165) is 24.9 Å². The van der Waals surface area contributed by atoms with Crippen LogP contribution in [0, 0.1) is 0 Å². The van der Waals surface area contributed by atoms with Gasteiger partial charge in [0.1, 0.15) is 10.4 Å². The molecule has 4 aromatic heterocycles. The largest absolute Gasteiger partial charge is 0.386 e. The SMILES string of the molecule is CC(C)n1c(=O)n(C)c(=O)c2c(C(O)N3C[C@](C)(O)CO3)c(Cc3ccc(-c4ccccn4)s3)sc21. The molecule has 1 aliphatic heterocycles. The van der Waals surface area contributed by atoms with E-state index < -0.39 is 23.1 Å². The monoisotopic (exact) mass is 528 g/mol. The van der Waals surface area contributed by atoms with E-state index in [4.69, 9.17) is 4.84 Å². The van der Waals surface area contributed by atoms with Crippen molar-refractivity contribution in [2.45, 2.75) is 45.1 Å². The summed E-state index contributed by atoms with van der Waals surface area (Å²) in [5.41, 5.74) is -0.695. The van der Waals surface area contributed by atoms with Gasteiger partial charge < -0.3 is 10.2 Å². The van der Waals surface area contributed by atoms with Gasteiger partial charge in [-0.3, -0.25) is 23.8 Å². The van der Waals surface area contributed by atoms with E-state index in [1.807, 2.05) is 44.2 Å². The molecule has 1 fully saturated rings. The lowest BCUT2D eigenvalue weighted by Gasteiger charge is -2.23. The van der Waals surface area contributed by atoms with Gasteiger partial charge in [-0.1, -0.05) is 6.07 Å². The number of nitrogens with zero attached hydrogens (tertiary/aromatic N) is 4. The van der Waals surface area contributed by atoms with Crippen molar-refractivity contribution in [3.05, 3.63) is 72.7 Å². The van der Waals surface area contributed by atoms with Crippen LogP contribution in [0.5, 0.6) is 0 Å². The molecule has 36 heavy (non-hydrogen) atoms. The number of aliphatic hydroxyl groups excluding tert-OH is 1. The Morgan fingerprint density at radius 1 is 1.19 bits per heavy atom. The van der Waals surface area contributed by atoms with Crippen molar-refractivity contribution in [1.29, 1.82) is 0 Å². The molecule has 4 aromatic rings. The molecule has 0 aromatic carbocycles. The Morgan fingerprint density at radius 3 is 2.61 bits per heavy atom. The topological polar surface area (TPSA) is 110 Å². The average Bonchev–Trinajstić information content (AvgIpc) is 3.55. The second kappa shape index (κ2) is 9.33. The van der Waals surface area contributed by atoms with Gasteiger partial charge in [0.15, 0.2) is 6.23 Å². The Balaban J connectivity index is 1.67. The number of hydrogen-bond acceptors (Lipinski definition) is 9. The molecule has 0 radical (unpaired) electrons. The van der Waals surface area contributed by atoms with Gasteiger partial charge in [0.25, 0.3) is 5.56 Å². The number of hydroxylamine groups is 2. The summed E-state index contributed by atoms with van der Waals surface area (Å²) >= 11 is 2.93. The summed E-state index contributed by atoms with van der Waals surface area (Å²) in [6.07, 6.45) is 0.924. The van der Waals surface area contributed by atoms with Crippen LogP contribution in [0.2, 0.25) is 0 Å². The molecule has 0 bridgehead atoms. The number of aliphatic hydroxyl groups is 2. The number of aromatic nitrogens is 3. The molecule has 0 spiro atoms. The number of pyridine rings is 1. The van der Waals surface area contributed by atoms with Gasteiger partial charge in [0, 0.05) is 41.0 Å². The molecule has 5 rings (SSSR count). The second-order valence-electron chi connectivity index (χ2n) is 9.61. The highest BCUT2D eigenvalue weighted by Gasteiger charge is 2.39. The van der Waals surface area contributed by atoms with Crippen molar-refractivity contribution in [2.75, 3.05) is 13.2 Å². The third-order valence-electron chi connectivity index (χ3n) is 6.23. The number of rotatable bonds is 6. The lowest BCUT2D eigenvalue weighted by Crippen LogP contribution is -2.39. The summed E-state index contributed by atoms with van der Waals surface area (Å²) in [4.78, 5) is 39.7. The first-order chi connectivity index (χ1) is 17.1. The van der Waals surface area contributed by atoms with E-state index in [9.17, 15) is 19.8 Å². The van der Waals surface area contributed by atoms with Gasteiger partial charge in [-0.2, -0.15) is 5.06 Å². The molecular weight excluding hydrogens is 500 g/mol. The smallest absolute Gasteiger partial charge is 0.332 e. The molecule has 1 unspecified atom stereocenters. The van der Waals surface area contributed by atoms with E-state index in [2.05, 4.69) is 4.98 Å². The fourth-order valence-corrected chi connectivity index (χ4v) is 7.00. The molecule has 1 aliphatic rings. The lowest BCUT2D eigenvalue weighted by molar-refractivity contribution is -0.206. The molecule has 0 amide bonds. The van der Waals surface area contributed by atoms with Crippen molar-refractivity contribution < 1.29 is 15.1 Å². The van der Waals surface area contributed by atoms with E-state index in [1.165, 1.54) is 23.4 Å². The maximum absolute atomic E-state index is 13.4. The van der Waals surface area contributed by atoms with Gasteiger partial charge in [-0.25, -0.2) is 4.79 Å². The fourth-order valence-electron chi connectivity index (χ4n) is 4.44. The van der Waals surface area contributed by atoms with Crippen molar-refractivity contribution >= 4 is 32.9 Å². The van der Waals surface area contributed by atoms with Crippen LogP contribution in [0.3, 0.4) is 0 Å². The predicted molar refractivity (Wildman–Crippen MR) is 140 cm³/mol. The maximum Gasteiger partial charge on any atom is 0.332 e. The molecule has 0 saturated carbocycles. The first-order valence-corrected chi connectivity index (χ1v) is 13.3. The minimum atomic E-state index is -1.29. The van der Waals surface area contributed by atoms with Crippen LogP contribution >= 0.6 is 22.7 Å². The van der Waals surface area contributed by atoms with Crippen LogP contribution in [-0.2, 0) is 18.3 Å². The molecule has 9 nitrogen and oxygen atoms in total. The van der Waals surface area contributed by atoms with Crippen LogP contribution in [0.1, 0.15) is 48.4 Å². The zero-order chi connectivity index (χ0) is 25.8. The van der Waals surface area contributed by atoms with Crippen LogP contribution in [0.25, 0.3) is 20.8 Å². The Hall–Kier alpha value is -2.67. The fraction of sp³-hybridized carbons (Fsp3) is 0.400. The lowest BCUT2D eigenvalue weighted by atomic mass is 10.1. The van der Waals surface area contributed by atoms with Gasteiger partial charge in [-0.05, 0) is 45.0 Å². The summed E-state index contributed by atoms with van der Waals surface area (Å²) in [6, 6.07) is 9.59. The summed E-state index contributed by atoms with van der Waals surface area (Å²) in [5.74, 6) is 0. The highest BCUT2D eigenvalue weighted by atomic mass is 32.1. The molecule has 190 valence electrons. The highest BCUT2D eigenvalue weighted by Crippen LogP contribution is 2.39. The molecular formula is C25H28N4O5S2. The van der Waals surface area contributed by atoms with Gasteiger partial charge in [0.05, 0.1) is 29.1 Å². The van der Waals surface area contributed by atoms with Gasteiger partial charge in [0.2, 0.25) is 0 Å². The van der Waals surface area contributed by atoms with Crippen LogP contribution < -0.4 is 11.2 Å². The van der Waals surface area contributed by atoms with Gasteiger partial charge in [-0.15, -0.1) is 22.7 Å². The highest BCUT2D eigenvalue weighted by molar-refractivity contribution is 7.19. The van der Waals surface area contributed by atoms with E-state index >= 15 is 0 Å². The first-order valence-electron chi connectivity index (χ1n) is 11.6. The normalized spacial score (nSPS) is 19.5. The van der Waals surface area contributed by atoms with E-state index in [-0.39, 0.29) is 19.2 Å². The minimum Gasteiger partial charge on any atom is -0.386 e. The maximum atomic E-state index is 13.4. The zero-order valence-corrected chi connectivity index (χ0v) is 22.1. The molecule has 2 atom stereocenters. The average molecular weight is 529 g/mol. The van der Waals surface area contributed by atoms with Crippen LogP contribution in [0.4, 0.5) is 0 Å². The van der Waals surface area contributed by atoms with Crippen molar-refractivity contribution in [3.63, 3.8) is 0 Å². The zero-order valence-electron chi connectivity index (χ0n) is 20.5. The van der Waals surface area contributed by atoms with E-state index in [1.54, 1.807) is 29.0 Å². The first kappa shape index (κ1) is 25.0. The molecule has 1 saturated heterocycles. The Labute approximate surface area is 215 Å². The molecule has 5 heterocycles. The second-order valence-corrected chi connectivity index (χ2v) is 11.9.